The number of ether oxygens (including phenoxy) is 1. The molecule has 154 valence electrons. The molecule has 0 radical (unpaired) electrons. The molecule has 0 aliphatic carbocycles. The number of aliphatic hydroxyl groups excluding tert-OH is 1. The van der Waals surface area contributed by atoms with Gasteiger partial charge in [0.2, 0.25) is 0 Å². The van der Waals surface area contributed by atoms with Crippen molar-refractivity contribution in [3.05, 3.63) is 41.6 Å². The highest BCUT2D eigenvalue weighted by Crippen LogP contribution is 2.25. The van der Waals surface area contributed by atoms with Crippen LogP contribution in [0, 0.1) is 6.92 Å². The van der Waals surface area contributed by atoms with E-state index in [0.29, 0.717) is 29.4 Å². The van der Waals surface area contributed by atoms with Crippen LogP contribution in [0.2, 0.25) is 0 Å². The number of fused-ring (bicyclic) bond motifs is 1. The van der Waals surface area contributed by atoms with Crippen LogP contribution in [0.3, 0.4) is 0 Å². The zero-order valence-electron chi connectivity index (χ0n) is 17.2. The zero-order valence-corrected chi connectivity index (χ0v) is 17.2. The molecule has 2 N–H and O–H groups in total. The Labute approximate surface area is 171 Å². The molecule has 2 aromatic heterocycles. The van der Waals surface area contributed by atoms with Gasteiger partial charge >= 0.3 is 0 Å². The van der Waals surface area contributed by atoms with Crippen LogP contribution in [0.4, 0.5) is 0 Å². The number of imidazole rings is 1. The Morgan fingerprint density at radius 3 is 2.69 bits per heavy atom. The van der Waals surface area contributed by atoms with Gasteiger partial charge in [0.25, 0.3) is 0 Å². The first kappa shape index (κ1) is 19.8. The number of pyridine rings is 1. The maximum Gasteiger partial charge on any atom is 0.157 e. The topological polar surface area (TPSA) is 77.5 Å². The number of likely N-dealkylation sites (N-methyl/N-ethyl adjacent to an activating group) is 1. The van der Waals surface area contributed by atoms with Gasteiger partial charge in [-0.3, -0.25) is 4.90 Å². The average Bonchev–Trinajstić information content (AvgIpc) is 3.17. The number of piperazine rings is 1. The predicted molar refractivity (Wildman–Crippen MR) is 114 cm³/mol. The summed E-state index contributed by atoms with van der Waals surface area (Å²) in [5.74, 6) is 1.34. The summed E-state index contributed by atoms with van der Waals surface area (Å²) in [4.78, 5) is 17.3. The Hall–Kier alpha value is -2.48. The predicted octanol–water partition coefficient (Wildman–Crippen LogP) is 2.44. The second-order valence-electron chi connectivity index (χ2n) is 7.57. The zero-order chi connectivity index (χ0) is 20.2. The Kier molecular flexibility index (Phi) is 6.08. The van der Waals surface area contributed by atoms with Crippen molar-refractivity contribution >= 4 is 11.0 Å². The lowest BCUT2D eigenvalue weighted by Gasteiger charge is -2.33. The number of aromatic amines is 1. The van der Waals surface area contributed by atoms with Gasteiger partial charge in [-0.2, -0.15) is 0 Å². The van der Waals surface area contributed by atoms with Crippen LogP contribution in [0.15, 0.2) is 30.5 Å². The first-order valence-electron chi connectivity index (χ1n) is 10.3. The number of rotatable bonds is 7. The van der Waals surface area contributed by atoms with E-state index in [1.54, 1.807) is 6.20 Å². The van der Waals surface area contributed by atoms with Crippen molar-refractivity contribution in [1.29, 1.82) is 0 Å². The smallest absolute Gasteiger partial charge is 0.157 e. The maximum atomic E-state index is 9.85. The molecule has 0 unspecified atom stereocenters. The highest BCUT2D eigenvalue weighted by atomic mass is 16.5. The Morgan fingerprint density at radius 1 is 1.14 bits per heavy atom. The van der Waals surface area contributed by atoms with E-state index in [-0.39, 0.29) is 6.61 Å². The lowest BCUT2D eigenvalue weighted by Crippen LogP contribution is -2.47. The number of nitrogens with zero attached hydrogens (tertiary/aromatic N) is 4. The van der Waals surface area contributed by atoms with Crippen molar-refractivity contribution < 1.29 is 9.84 Å². The number of aromatic nitrogens is 3. The van der Waals surface area contributed by atoms with E-state index in [2.05, 4.69) is 37.7 Å². The Morgan fingerprint density at radius 2 is 1.93 bits per heavy atom. The fourth-order valence-corrected chi connectivity index (χ4v) is 3.76. The first-order chi connectivity index (χ1) is 14.2. The van der Waals surface area contributed by atoms with Crippen LogP contribution in [-0.2, 0) is 6.61 Å². The van der Waals surface area contributed by atoms with Crippen LogP contribution in [0.1, 0.15) is 18.1 Å². The van der Waals surface area contributed by atoms with E-state index in [4.69, 9.17) is 4.74 Å². The summed E-state index contributed by atoms with van der Waals surface area (Å²) in [6.45, 7) is 11.2. The summed E-state index contributed by atoms with van der Waals surface area (Å²) in [6, 6.07) is 7.94. The second kappa shape index (κ2) is 8.90. The summed E-state index contributed by atoms with van der Waals surface area (Å²) >= 11 is 0. The van der Waals surface area contributed by atoms with E-state index < -0.39 is 0 Å². The number of hydrogen-bond donors (Lipinski definition) is 2. The minimum Gasteiger partial charge on any atom is -0.491 e. The van der Waals surface area contributed by atoms with E-state index in [1.165, 1.54) is 5.56 Å². The summed E-state index contributed by atoms with van der Waals surface area (Å²) < 4.78 is 5.91. The van der Waals surface area contributed by atoms with Crippen molar-refractivity contribution in [3.63, 3.8) is 0 Å². The highest BCUT2D eigenvalue weighted by Gasteiger charge is 2.16. The third-order valence-electron chi connectivity index (χ3n) is 5.56. The molecule has 0 bridgehead atoms. The summed E-state index contributed by atoms with van der Waals surface area (Å²) in [6.07, 6.45) is 1.71. The molecule has 1 aromatic carbocycles. The van der Waals surface area contributed by atoms with Crippen molar-refractivity contribution in [1.82, 2.24) is 24.8 Å². The molecule has 3 aromatic rings. The number of benzene rings is 1. The summed E-state index contributed by atoms with van der Waals surface area (Å²) in [5, 5.41) is 9.85. The molecule has 29 heavy (non-hydrogen) atoms. The maximum absolute atomic E-state index is 9.85. The lowest BCUT2D eigenvalue weighted by molar-refractivity contribution is 0.120. The van der Waals surface area contributed by atoms with Crippen LogP contribution in [-0.4, -0.2) is 75.7 Å². The molecule has 3 heterocycles. The van der Waals surface area contributed by atoms with Gasteiger partial charge in [0.1, 0.15) is 18.1 Å². The van der Waals surface area contributed by atoms with Crippen LogP contribution in [0.5, 0.6) is 5.75 Å². The molecule has 0 atom stereocenters. The van der Waals surface area contributed by atoms with Crippen molar-refractivity contribution in [3.8, 4) is 17.3 Å². The van der Waals surface area contributed by atoms with E-state index in [1.807, 2.05) is 25.1 Å². The number of nitrogens with one attached hydrogen (secondary N) is 1. The highest BCUT2D eigenvalue weighted by molar-refractivity contribution is 5.79. The molecule has 4 rings (SSSR count). The Balaban J connectivity index is 1.41. The minimum atomic E-state index is -0.116. The standard InChI is InChI=1S/C22H29N5O2/c1-3-26-6-8-27(9-7-26)10-11-29-18-13-17(15-28)21(23-14-18)22-24-19-5-4-16(2)12-20(19)25-22/h4-5,12-14,28H,3,6-11,15H2,1-2H3,(H,24,25). The fraction of sp³-hybridized carbons (Fsp3) is 0.455. The van der Waals surface area contributed by atoms with Gasteiger partial charge in [0.05, 0.1) is 23.8 Å². The molecule has 0 amide bonds. The molecule has 1 aliphatic heterocycles. The normalized spacial score (nSPS) is 15.8. The molecule has 0 spiro atoms. The molecule has 7 heteroatoms. The number of H-pyrrole nitrogens is 1. The summed E-state index contributed by atoms with van der Waals surface area (Å²) in [5.41, 5.74) is 4.39. The lowest BCUT2D eigenvalue weighted by atomic mass is 10.2. The third kappa shape index (κ3) is 4.58. The van der Waals surface area contributed by atoms with Gasteiger partial charge in [-0.15, -0.1) is 0 Å². The Bertz CT molecular complexity index is 963. The van der Waals surface area contributed by atoms with Crippen molar-refractivity contribution in [2.75, 3.05) is 45.9 Å². The number of aliphatic hydroxyl groups is 1. The molecule has 1 saturated heterocycles. The van der Waals surface area contributed by atoms with Crippen molar-refractivity contribution in [2.45, 2.75) is 20.5 Å². The molecule has 1 fully saturated rings. The molecule has 0 saturated carbocycles. The van der Waals surface area contributed by atoms with Crippen LogP contribution >= 0.6 is 0 Å². The van der Waals surface area contributed by atoms with Gasteiger partial charge < -0.3 is 19.7 Å². The van der Waals surface area contributed by atoms with Crippen molar-refractivity contribution in [2.24, 2.45) is 0 Å². The second-order valence-corrected chi connectivity index (χ2v) is 7.57. The summed E-state index contributed by atoms with van der Waals surface area (Å²) in [7, 11) is 0. The van der Waals surface area contributed by atoms with Gasteiger partial charge in [-0.1, -0.05) is 13.0 Å². The average molecular weight is 396 g/mol. The van der Waals surface area contributed by atoms with Gasteiger partial charge in [-0.25, -0.2) is 9.97 Å². The third-order valence-corrected chi connectivity index (χ3v) is 5.56. The quantitative estimate of drug-likeness (QED) is 0.640. The molecule has 7 nitrogen and oxygen atoms in total. The SMILES string of the molecule is CCN1CCN(CCOc2cnc(-c3nc4ccc(C)cc4[nH]3)c(CO)c2)CC1. The van der Waals surface area contributed by atoms with E-state index in [0.717, 1.165) is 50.3 Å². The minimum absolute atomic E-state index is 0.116. The number of aryl methyl sites for hydroxylation is 1. The fourth-order valence-electron chi connectivity index (χ4n) is 3.76. The van der Waals surface area contributed by atoms with E-state index >= 15 is 0 Å². The molecule has 1 aliphatic rings. The van der Waals surface area contributed by atoms with Gasteiger partial charge in [-0.05, 0) is 37.2 Å². The van der Waals surface area contributed by atoms with Gasteiger partial charge in [0.15, 0.2) is 5.82 Å². The molecular weight excluding hydrogens is 366 g/mol. The van der Waals surface area contributed by atoms with Crippen LogP contribution in [0.25, 0.3) is 22.6 Å². The van der Waals surface area contributed by atoms with E-state index in [9.17, 15) is 5.11 Å². The van der Waals surface area contributed by atoms with Crippen LogP contribution < -0.4 is 4.74 Å². The monoisotopic (exact) mass is 395 g/mol. The largest absolute Gasteiger partial charge is 0.491 e. The van der Waals surface area contributed by atoms with Gasteiger partial charge in [0, 0.05) is 38.3 Å². The molecular formula is C22H29N5O2. The number of hydrogen-bond acceptors (Lipinski definition) is 6. The first-order valence-corrected chi connectivity index (χ1v) is 10.3.